The molecule has 0 radical (unpaired) electrons. The van der Waals surface area contributed by atoms with E-state index in [1.54, 1.807) is 20.8 Å². The van der Waals surface area contributed by atoms with Crippen LogP contribution in [0.4, 0.5) is 5.00 Å². The number of aryl methyl sites for hydroxylation is 1. The van der Waals surface area contributed by atoms with Crippen molar-refractivity contribution in [1.82, 2.24) is 4.72 Å². The Morgan fingerprint density at radius 3 is 2.39 bits per heavy atom. The molecule has 1 aromatic carbocycles. The van der Waals surface area contributed by atoms with Crippen molar-refractivity contribution in [2.45, 2.75) is 63.3 Å². The van der Waals surface area contributed by atoms with Gasteiger partial charge in [-0.15, -0.1) is 11.3 Å². The third-order valence-corrected chi connectivity index (χ3v) is 8.18. The molecule has 2 aromatic rings. The monoisotopic (exact) mass is 494 g/mol. The second-order valence-corrected chi connectivity index (χ2v) is 11.7. The van der Waals surface area contributed by atoms with E-state index in [0.717, 1.165) is 42.5 Å². The molecular formula is C23H30N2O6S2. The summed E-state index contributed by atoms with van der Waals surface area (Å²) in [6.45, 7) is 5.17. The van der Waals surface area contributed by atoms with Gasteiger partial charge in [0, 0.05) is 16.0 Å². The van der Waals surface area contributed by atoms with Crippen LogP contribution < -0.4 is 14.8 Å². The van der Waals surface area contributed by atoms with Crippen LogP contribution in [0.1, 0.15) is 71.2 Å². The van der Waals surface area contributed by atoms with Gasteiger partial charge in [0.15, 0.2) is 0 Å². The van der Waals surface area contributed by atoms with E-state index in [4.69, 9.17) is 9.47 Å². The van der Waals surface area contributed by atoms with Gasteiger partial charge in [-0.25, -0.2) is 17.9 Å². The number of ether oxygens (including phenoxy) is 2. The number of methoxy groups -OCH3 is 2. The van der Waals surface area contributed by atoms with Crippen molar-refractivity contribution in [3.05, 3.63) is 39.8 Å². The van der Waals surface area contributed by atoms with Crippen molar-refractivity contribution < 1.29 is 27.5 Å². The van der Waals surface area contributed by atoms with Crippen molar-refractivity contribution in [3.8, 4) is 5.75 Å². The summed E-state index contributed by atoms with van der Waals surface area (Å²) in [5, 5.41) is 3.23. The number of benzene rings is 1. The molecule has 0 unspecified atom stereocenters. The van der Waals surface area contributed by atoms with E-state index < -0.39 is 27.4 Å². The highest BCUT2D eigenvalue weighted by Gasteiger charge is 2.29. The highest BCUT2D eigenvalue weighted by atomic mass is 32.2. The maximum atomic E-state index is 13.1. The Hall–Kier alpha value is -2.43. The number of hydrogen-bond acceptors (Lipinski definition) is 7. The number of anilines is 1. The summed E-state index contributed by atoms with van der Waals surface area (Å²) in [5.74, 6) is -0.884. The minimum Gasteiger partial charge on any atom is -0.495 e. The molecule has 0 fully saturated rings. The van der Waals surface area contributed by atoms with Gasteiger partial charge in [-0.05, 0) is 70.2 Å². The van der Waals surface area contributed by atoms with Gasteiger partial charge in [-0.2, -0.15) is 0 Å². The maximum absolute atomic E-state index is 13.1. The zero-order valence-corrected chi connectivity index (χ0v) is 21.2. The minimum absolute atomic E-state index is 0.126. The Kier molecular flexibility index (Phi) is 7.50. The summed E-state index contributed by atoms with van der Waals surface area (Å²) in [4.78, 5) is 26.6. The van der Waals surface area contributed by atoms with Gasteiger partial charge in [0.05, 0.1) is 19.8 Å². The number of rotatable bonds is 6. The van der Waals surface area contributed by atoms with Gasteiger partial charge in [0.1, 0.15) is 15.6 Å². The molecule has 0 atom stereocenters. The van der Waals surface area contributed by atoms with E-state index in [2.05, 4.69) is 10.0 Å². The zero-order chi connectivity index (χ0) is 24.4. The van der Waals surface area contributed by atoms with Gasteiger partial charge in [-0.1, -0.05) is 6.42 Å². The van der Waals surface area contributed by atoms with Crippen molar-refractivity contribution in [1.29, 1.82) is 0 Å². The molecule has 1 amide bonds. The van der Waals surface area contributed by atoms with E-state index >= 15 is 0 Å². The van der Waals surface area contributed by atoms with E-state index in [0.29, 0.717) is 10.6 Å². The van der Waals surface area contributed by atoms with Crippen LogP contribution in [0.25, 0.3) is 0 Å². The highest BCUT2D eigenvalue weighted by Crippen LogP contribution is 2.38. The number of esters is 1. The number of fused-ring (bicyclic) bond motifs is 1. The van der Waals surface area contributed by atoms with E-state index in [9.17, 15) is 18.0 Å². The third-order valence-electron chi connectivity index (χ3n) is 5.19. The van der Waals surface area contributed by atoms with Gasteiger partial charge in [0.2, 0.25) is 10.0 Å². The third kappa shape index (κ3) is 5.74. The summed E-state index contributed by atoms with van der Waals surface area (Å²) in [7, 11) is -1.26. The molecule has 8 nitrogen and oxygen atoms in total. The fourth-order valence-electron chi connectivity index (χ4n) is 3.81. The fourth-order valence-corrected chi connectivity index (χ4v) is 6.70. The van der Waals surface area contributed by atoms with Crippen LogP contribution in [0.5, 0.6) is 5.75 Å². The molecule has 2 N–H and O–H groups in total. The Morgan fingerprint density at radius 2 is 1.76 bits per heavy atom. The van der Waals surface area contributed by atoms with Crippen molar-refractivity contribution in [2.75, 3.05) is 19.5 Å². The smallest absolute Gasteiger partial charge is 0.341 e. The largest absolute Gasteiger partial charge is 0.495 e. The van der Waals surface area contributed by atoms with Gasteiger partial charge >= 0.3 is 5.97 Å². The Labute approximate surface area is 198 Å². The number of hydrogen-bond donors (Lipinski definition) is 2. The van der Waals surface area contributed by atoms with E-state index in [1.165, 1.54) is 43.8 Å². The second kappa shape index (κ2) is 9.82. The summed E-state index contributed by atoms with van der Waals surface area (Å²) in [6.07, 6.45) is 4.71. The van der Waals surface area contributed by atoms with Gasteiger partial charge in [-0.3, -0.25) is 4.79 Å². The zero-order valence-electron chi connectivity index (χ0n) is 19.5. The number of nitrogens with one attached hydrogen (secondary N) is 2. The molecule has 0 saturated heterocycles. The lowest BCUT2D eigenvalue weighted by Crippen LogP contribution is -2.40. The maximum Gasteiger partial charge on any atom is 0.341 e. The number of thiophene rings is 1. The first-order chi connectivity index (χ1) is 15.5. The minimum atomic E-state index is -3.95. The molecule has 1 heterocycles. The highest BCUT2D eigenvalue weighted by molar-refractivity contribution is 7.89. The molecule has 1 aliphatic carbocycles. The molecule has 0 spiro atoms. The van der Waals surface area contributed by atoms with Crippen molar-refractivity contribution in [3.63, 3.8) is 0 Å². The average molecular weight is 495 g/mol. The Morgan fingerprint density at radius 1 is 1.06 bits per heavy atom. The molecule has 3 rings (SSSR count). The van der Waals surface area contributed by atoms with Crippen molar-refractivity contribution >= 4 is 38.2 Å². The normalized spacial score (nSPS) is 14.2. The molecule has 1 aliphatic rings. The SMILES string of the molecule is COC(=O)c1c(NC(=O)c2ccc(OC)c(S(=O)(=O)NC(C)(C)C)c2)sc2c1CCCCC2. The van der Waals surface area contributed by atoms with Crippen LogP contribution in [0, 0.1) is 0 Å². The van der Waals surface area contributed by atoms with Gasteiger partial charge < -0.3 is 14.8 Å². The molecule has 180 valence electrons. The Balaban J connectivity index is 1.98. The first-order valence-electron chi connectivity index (χ1n) is 10.7. The molecule has 1 aromatic heterocycles. The fraction of sp³-hybridized carbons (Fsp3) is 0.478. The molecule has 33 heavy (non-hydrogen) atoms. The molecular weight excluding hydrogens is 464 g/mol. The first kappa shape index (κ1) is 25.2. The van der Waals surface area contributed by atoms with Crippen LogP contribution in [-0.4, -0.2) is 40.1 Å². The van der Waals surface area contributed by atoms with Crippen LogP contribution in [0.2, 0.25) is 0 Å². The summed E-state index contributed by atoms with van der Waals surface area (Å²) in [5.41, 5.74) is 0.742. The molecule has 10 heteroatoms. The second-order valence-electron chi connectivity index (χ2n) is 8.94. The van der Waals surface area contributed by atoms with Crippen LogP contribution >= 0.6 is 11.3 Å². The summed E-state index contributed by atoms with van der Waals surface area (Å²) < 4.78 is 38.6. The van der Waals surface area contributed by atoms with Crippen molar-refractivity contribution in [2.24, 2.45) is 0 Å². The number of carbonyl (C=O) groups is 2. The number of amides is 1. The quantitative estimate of drug-likeness (QED) is 0.461. The predicted octanol–water partition coefficient (Wildman–Crippen LogP) is 4.14. The molecule has 0 aliphatic heterocycles. The van der Waals surface area contributed by atoms with Crippen LogP contribution in [-0.2, 0) is 27.6 Å². The first-order valence-corrected chi connectivity index (χ1v) is 13.0. The van der Waals surface area contributed by atoms with Crippen LogP contribution in [0.3, 0.4) is 0 Å². The van der Waals surface area contributed by atoms with Crippen LogP contribution in [0.15, 0.2) is 23.1 Å². The lowest BCUT2D eigenvalue weighted by atomic mass is 10.1. The summed E-state index contributed by atoms with van der Waals surface area (Å²) >= 11 is 1.38. The molecule has 0 bridgehead atoms. The standard InChI is InChI=1S/C23H30N2O6S2/c1-23(2,3)25-33(28,29)18-13-14(11-12-16(18)30-4)20(26)24-21-19(22(27)31-5)15-9-7-6-8-10-17(15)32-21/h11-13,25H,6-10H2,1-5H3,(H,24,26). The topological polar surface area (TPSA) is 111 Å². The summed E-state index contributed by atoms with van der Waals surface area (Å²) in [6, 6.07) is 4.20. The lowest BCUT2D eigenvalue weighted by molar-refractivity contribution is 0.0601. The lowest BCUT2D eigenvalue weighted by Gasteiger charge is -2.21. The number of sulfonamides is 1. The van der Waals surface area contributed by atoms with E-state index in [1.807, 2.05) is 0 Å². The average Bonchev–Trinajstić information content (AvgIpc) is 2.91. The predicted molar refractivity (Wildman–Crippen MR) is 128 cm³/mol. The number of carbonyl (C=O) groups excluding carboxylic acids is 2. The Bertz CT molecular complexity index is 1160. The van der Waals surface area contributed by atoms with Gasteiger partial charge in [0.25, 0.3) is 5.91 Å². The van der Waals surface area contributed by atoms with E-state index in [-0.39, 0.29) is 16.2 Å². The molecule has 0 saturated carbocycles.